The Morgan fingerprint density at radius 3 is 1.93 bits per heavy atom. The maximum absolute atomic E-state index is 15.0. The quantitative estimate of drug-likeness (QED) is 0.0184. The number of carbonyl (C=O) groups excluding carboxylic acids is 12. The van der Waals surface area contributed by atoms with Gasteiger partial charge >= 0.3 is 47.8 Å². The second-order valence-electron chi connectivity index (χ2n) is 31.6. The van der Waals surface area contributed by atoms with Crippen molar-refractivity contribution in [2.24, 2.45) is 58.3 Å². The van der Waals surface area contributed by atoms with Crippen LogP contribution in [0.15, 0.2) is 47.6 Å². The first-order chi connectivity index (χ1) is 56.0. The number of carboxylic acid groups (broad SMARTS) is 4. The average Bonchev–Trinajstić information content (AvgIpc) is 0.772. The number of thioether (sulfide) groups is 2. The number of rotatable bonds is 37. The number of aliphatic hydroxyl groups is 2. The lowest BCUT2D eigenvalue weighted by Crippen LogP contribution is -2.61. The van der Waals surface area contributed by atoms with Crippen molar-refractivity contribution >= 4 is 118 Å². The smallest absolute Gasteiger partial charge is 0.329 e. The van der Waals surface area contributed by atoms with Crippen LogP contribution in [0, 0.1) is 46.8 Å². The largest absolute Gasteiger partial charge is 0.480 e. The van der Waals surface area contributed by atoms with Crippen LogP contribution in [-0.2, 0) is 115 Å². The molecular formula is C81H122N6O30S2. The Labute approximate surface area is 701 Å². The van der Waals surface area contributed by atoms with Gasteiger partial charge in [0.15, 0.2) is 5.78 Å². The van der Waals surface area contributed by atoms with Crippen molar-refractivity contribution < 1.29 is 145 Å². The number of nitrogens with two attached hydrogens (primary N) is 2. The third-order valence-corrected chi connectivity index (χ3v) is 23.8. The number of hydrogen-bond acceptors (Lipinski definition) is 30. The Morgan fingerprint density at radius 2 is 1.34 bits per heavy atom. The number of nitrogens with zero attached hydrogens (tertiary/aromatic N) is 1. The van der Waals surface area contributed by atoms with Crippen molar-refractivity contribution in [2.45, 2.75) is 237 Å². The molecule has 3 heterocycles. The Balaban J connectivity index is 1.67. The Morgan fingerprint density at radius 1 is 0.723 bits per heavy atom. The molecular weight excluding hydrogens is 1600 g/mol. The van der Waals surface area contributed by atoms with Gasteiger partial charge in [-0.15, -0.1) is 23.5 Å². The number of aliphatic carboxylic acids is 4. The lowest BCUT2D eigenvalue weighted by atomic mass is 9.78. The zero-order valence-electron chi connectivity index (χ0n) is 69.6. The molecule has 119 heavy (non-hydrogen) atoms. The molecule has 36 nitrogen and oxygen atoms in total. The van der Waals surface area contributed by atoms with E-state index in [1.54, 1.807) is 34.6 Å². The van der Waals surface area contributed by atoms with Crippen molar-refractivity contribution in [3.05, 3.63) is 47.6 Å². The van der Waals surface area contributed by atoms with E-state index in [4.69, 9.17) is 49.4 Å². The highest BCUT2D eigenvalue weighted by atomic mass is 32.2. The molecule has 4 amide bonds. The summed E-state index contributed by atoms with van der Waals surface area (Å²) in [7, 11) is 4.18. The number of cyclic esters (lactones) is 1. The summed E-state index contributed by atoms with van der Waals surface area (Å²) in [5, 5.41) is 67.3. The predicted octanol–water partition coefficient (Wildman–Crippen LogP) is 3.14. The van der Waals surface area contributed by atoms with Gasteiger partial charge in [0.25, 0.3) is 11.7 Å². The van der Waals surface area contributed by atoms with Gasteiger partial charge in [-0.2, -0.15) is 0 Å². The number of Topliss-reactive ketones (excluding diaryl/α,β-unsaturated/α-hetero) is 4. The minimum Gasteiger partial charge on any atom is -0.480 e. The molecule has 1 aliphatic carbocycles. The van der Waals surface area contributed by atoms with Gasteiger partial charge in [-0.05, 0) is 127 Å². The fraction of sp³-hybridized carbons (Fsp3) is 0.704. The first kappa shape index (κ1) is 103. The van der Waals surface area contributed by atoms with Crippen LogP contribution in [0.4, 0.5) is 0 Å². The van der Waals surface area contributed by atoms with Gasteiger partial charge in [0, 0.05) is 89.2 Å². The molecule has 0 radical (unpaired) electrons. The second kappa shape index (κ2) is 50.8. The van der Waals surface area contributed by atoms with E-state index in [0.29, 0.717) is 38.5 Å². The molecule has 0 aromatic carbocycles. The van der Waals surface area contributed by atoms with Crippen molar-refractivity contribution in [2.75, 3.05) is 77.2 Å². The monoisotopic (exact) mass is 1720 g/mol. The zero-order chi connectivity index (χ0) is 89.2. The summed E-state index contributed by atoms with van der Waals surface area (Å²) in [4.78, 5) is 213. The molecule has 2 bridgehead atoms. The highest BCUT2D eigenvalue weighted by Crippen LogP contribution is 2.39. The maximum Gasteiger partial charge on any atom is 0.329 e. The molecule has 20 atom stereocenters. The SMILES string of the molecule is CO[C@H]1C[C@@H]2CC[C@@H](C)[C@@](O)(O2)C(=O)C(=O)N2CCCC[C@H]2C(=O)OC([C@H](C)C[C@@H]2CC[C@@H](OC(=O)C(C)(COC(=O)CSC[C@H](CC(=O)CC[C@H](N)C(=O)O)C(=O)NCC(=O)O)COC(=O)CSC[C@H](NC(=O)CC[C@H](N)C(=O)O)C(=O)NCC(=O)O)[C@H](OC)C2)CC(=O)[C@H](C)/C=C(\C)[C@@H](O)[C@@H](OC)C(=O)[C@H](C)C[C@@H](C)/C=C\C=CC=C1C. The Bertz CT molecular complexity index is 3570. The molecule has 3 fully saturated rings. The van der Waals surface area contributed by atoms with E-state index in [-0.39, 0.29) is 92.6 Å². The Hall–Kier alpha value is -8.34. The number of allylic oxidation sites excluding steroid dienone is 6. The number of aliphatic hydroxyl groups excluding tert-OH is 1. The molecule has 0 aromatic heterocycles. The summed E-state index contributed by atoms with van der Waals surface area (Å²) in [6.45, 7) is 9.83. The second-order valence-corrected chi connectivity index (χ2v) is 33.7. The number of carboxylic acids is 4. The van der Waals surface area contributed by atoms with E-state index in [1.165, 1.54) is 34.3 Å². The van der Waals surface area contributed by atoms with Crippen LogP contribution in [0.3, 0.4) is 0 Å². The summed E-state index contributed by atoms with van der Waals surface area (Å²) in [6, 6.07) is -5.65. The van der Waals surface area contributed by atoms with E-state index in [0.717, 1.165) is 34.0 Å². The van der Waals surface area contributed by atoms with Gasteiger partial charge < -0.3 is 101 Å². The third-order valence-electron chi connectivity index (χ3n) is 21.7. The number of fused-ring (bicyclic) bond motifs is 3. The molecule has 2 unspecified atom stereocenters. The normalized spacial score (nSPS) is 27.9. The third kappa shape index (κ3) is 33.9. The minimum atomic E-state index is -2.59. The lowest BCUT2D eigenvalue weighted by molar-refractivity contribution is -0.265. The maximum atomic E-state index is 15.0. The highest BCUT2D eigenvalue weighted by Gasteiger charge is 2.54. The minimum absolute atomic E-state index is 0.0472. The van der Waals surface area contributed by atoms with Crippen LogP contribution in [0.2, 0.25) is 0 Å². The van der Waals surface area contributed by atoms with Crippen LogP contribution in [0.5, 0.6) is 0 Å². The highest BCUT2D eigenvalue weighted by molar-refractivity contribution is 8.00. The zero-order valence-corrected chi connectivity index (χ0v) is 71.3. The number of hydrogen-bond donors (Lipinski definition) is 11. The molecule has 0 spiro atoms. The van der Waals surface area contributed by atoms with Crippen molar-refractivity contribution in [1.29, 1.82) is 0 Å². The molecule has 4 rings (SSSR count). The summed E-state index contributed by atoms with van der Waals surface area (Å²) >= 11 is 1.50. The number of methoxy groups -OCH3 is 3. The molecule has 0 aromatic rings. The number of ketones is 4. The van der Waals surface area contributed by atoms with Crippen molar-refractivity contribution in [3.63, 3.8) is 0 Å². The topological polar surface area (TPSA) is 560 Å². The van der Waals surface area contributed by atoms with Gasteiger partial charge in [-0.1, -0.05) is 71.1 Å². The molecule has 3 aliphatic heterocycles. The predicted molar refractivity (Wildman–Crippen MR) is 430 cm³/mol. The fourth-order valence-electron chi connectivity index (χ4n) is 14.3. The molecule has 13 N–H and O–H groups in total. The van der Waals surface area contributed by atoms with E-state index in [2.05, 4.69) is 16.0 Å². The summed E-state index contributed by atoms with van der Waals surface area (Å²) in [5.74, 6) is -25.2. The average molecular weight is 1720 g/mol. The van der Waals surface area contributed by atoms with Crippen molar-refractivity contribution in [1.82, 2.24) is 20.9 Å². The molecule has 4 aliphatic rings. The van der Waals surface area contributed by atoms with E-state index in [9.17, 15) is 107 Å². The van der Waals surface area contributed by atoms with Gasteiger partial charge in [-0.3, -0.25) is 71.9 Å². The standard InChI is InChI=1S/C81H122N6O30S2/c1-44-17-13-12-14-18-45(2)61(110-9)34-54-23-20-50(7)81(109,117-54)72(99)75(102)87-28-16-15-19-58(87)78(107)115-62(35-59(89)46(3)30-49(6)70(98)71(112-11)69(97)48(5)29-44)47(4)31-51-21-26-60(63(32-51)111-10)116-79(108)80(8,42-113-67(95)40-118-38-52(73(100)84-36-65(91)92)33-53(88)22-24-55(82)76(103)104)43-114-68(96)41-119-39-57(74(101)85-37-66(93)94)86-64(90)27-25-56(83)77(105)106/h12-14,17-18,30,44,46-48,50-52,54-58,60-63,70-71,98,109H,15-16,19-29,31-43,82-83H2,1-11H3,(H,84,100)(H,85,101)(H,86,90)(H,91,92)(H,93,94)(H,103,104)(H,105,106)/b14-12?,17-13-,45-18?,49-30+/t44-,46+,47+,48+,50+,51-,52-,54-,55-,56-,57-,58-,60+,61-,62?,63+,70+,71-,80?,81+/m0/s1. The van der Waals surface area contributed by atoms with E-state index >= 15 is 0 Å². The molecule has 2 saturated heterocycles. The number of piperidine rings is 1. The van der Waals surface area contributed by atoms with Crippen LogP contribution < -0.4 is 27.4 Å². The fourth-order valence-corrected chi connectivity index (χ4v) is 16.0. The summed E-state index contributed by atoms with van der Waals surface area (Å²) < 4.78 is 47.4. The van der Waals surface area contributed by atoms with Gasteiger partial charge in [-0.25, -0.2) is 4.79 Å². The number of ether oxygens (including phenoxy) is 8. The van der Waals surface area contributed by atoms with Gasteiger partial charge in [0.1, 0.15) is 91.9 Å². The number of esters is 4. The van der Waals surface area contributed by atoms with Crippen LogP contribution in [-0.4, -0.2) is 280 Å². The Kier molecular flexibility index (Phi) is 44.0. The van der Waals surface area contributed by atoms with Gasteiger partial charge in [0.05, 0.1) is 35.7 Å². The molecule has 668 valence electrons. The van der Waals surface area contributed by atoms with Crippen LogP contribution in [0.1, 0.15) is 165 Å². The molecule has 1 saturated carbocycles. The van der Waals surface area contributed by atoms with Crippen molar-refractivity contribution in [3.8, 4) is 0 Å². The van der Waals surface area contributed by atoms with E-state index < -0.39 is 253 Å². The van der Waals surface area contributed by atoms with Crippen LogP contribution in [0.25, 0.3) is 0 Å². The number of carbonyl (C=O) groups is 16. The lowest BCUT2D eigenvalue weighted by Gasteiger charge is -2.42. The van der Waals surface area contributed by atoms with Crippen LogP contribution >= 0.6 is 23.5 Å². The summed E-state index contributed by atoms with van der Waals surface area (Å²) in [6.07, 6.45) is 4.25. The first-order valence-electron chi connectivity index (χ1n) is 39.9. The van der Waals surface area contributed by atoms with E-state index in [1.807, 2.05) is 44.2 Å². The number of nitrogens with one attached hydrogen (secondary N) is 3. The molecule has 38 heteroatoms. The summed E-state index contributed by atoms with van der Waals surface area (Å²) in [5.41, 5.74) is 10.1. The van der Waals surface area contributed by atoms with Gasteiger partial charge in [0.2, 0.25) is 23.5 Å². The number of amides is 4. The first-order valence-corrected chi connectivity index (χ1v) is 42.2.